The Bertz CT molecular complexity index is 215. The molecule has 0 aliphatic heterocycles. The minimum atomic E-state index is -2.02. The van der Waals surface area contributed by atoms with E-state index in [4.69, 9.17) is 25.5 Å². The van der Waals surface area contributed by atoms with E-state index in [9.17, 15) is 9.59 Å². The summed E-state index contributed by atoms with van der Waals surface area (Å²) in [7, 11) is 0. The Morgan fingerprint density at radius 3 is 1.82 bits per heavy atom. The number of carboxylic acid groups (broad SMARTS) is 2. The van der Waals surface area contributed by atoms with Crippen LogP contribution in [0.1, 0.15) is 13.3 Å². The van der Waals surface area contributed by atoms with Gasteiger partial charge in [-0.05, 0) is 6.42 Å². The van der Waals surface area contributed by atoms with Crippen molar-refractivity contribution in [3.8, 4) is 0 Å². The minimum absolute atomic E-state index is 0.0985. The molecule has 0 saturated heterocycles. The van der Waals surface area contributed by atoms with E-state index in [1.807, 2.05) is 0 Å². The van der Waals surface area contributed by atoms with Crippen LogP contribution in [0.3, 0.4) is 0 Å². The number of ether oxygens (including phenoxy) is 1. The third-order valence-electron chi connectivity index (χ3n) is 1.38. The molecule has 0 aliphatic carbocycles. The summed E-state index contributed by atoms with van der Waals surface area (Å²) in [4.78, 5) is 20.6. The molecule has 0 fully saturated rings. The maximum atomic E-state index is 10.4. The molecule has 2 unspecified atom stereocenters. The van der Waals surface area contributed by atoms with Gasteiger partial charge in [0.1, 0.15) is 0 Å². The van der Waals surface area contributed by atoms with Crippen LogP contribution >= 0.6 is 0 Å². The van der Waals surface area contributed by atoms with Crippen molar-refractivity contribution in [2.45, 2.75) is 25.6 Å². The maximum absolute atomic E-state index is 10.4. The number of carboxylic acids is 2. The minimum Gasteiger partial charge on any atom is -0.479 e. The molecule has 0 heterocycles. The fourth-order valence-electron chi connectivity index (χ4n) is 0.672. The Kier molecular flexibility index (Phi) is 12.0. The lowest BCUT2D eigenvalue weighted by atomic mass is 10.2. The molecule has 0 spiro atoms. The van der Waals surface area contributed by atoms with E-state index in [0.717, 1.165) is 0 Å². The largest absolute Gasteiger partial charge is 0.479 e. The molecule has 0 radical (unpaired) electrons. The number of hydrogen-bond acceptors (Lipinski definition) is 6. The summed E-state index contributed by atoms with van der Waals surface area (Å²) in [5, 5.41) is 40.9. The van der Waals surface area contributed by atoms with Crippen molar-refractivity contribution >= 4 is 11.9 Å². The third kappa shape index (κ3) is 9.69. The molecular formula is C9H18O8. The van der Waals surface area contributed by atoms with Crippen LogP contribution < -0.4 is 0 Å². The molecule has 0 aromatic rings. The number of aliphatic hydroxyl groups is 3. The molecule has 0 aromatic heterocycles. The second-order valence-electron chi connectivity index (χ2n) is 2.86. The smallest absolute Gasteiger partial charge is 0.336 e. The van der Waals surface area contributed by atoms with Gasteiger partial charge in [0.05, 0.1) is 13.2 Å². The van der Waals surface area contributed by atoms with Crippen LogP contribution in [0, 0.1) is 0 Å². The van der Waals surface area contributed by atoms with Crippen LogP contribution in [0.5, 0.6) is 0 Å². The van der Waals surface area contributed by atoms with Gasteiger partial charge >= 0.3 is 11.9 Å². The molecule has 0 saturated carbocycles. The number of rotatable bonds is 7. The van der Waals surface area contributed by atoms with E-state index in [2.05, 4.69) is 4.74 Å². The number of aliphatic carboxylic acids is 2. The fraction of sp³-hybridized carbons (Fsp3) is 0.778. The fourth-order valence-corrected chi connectivity index (χ4v) is 0.672. The molecule has 0 aliphatic rings. The first-order valence-corrected chi connectivity index (χ1v) is 4.89. The molecule has 0 amide bonds. The standard InChI is InChI=1S/C7H12O6.C2H6O2/c1-2-3-13-5(7(11)12)4(8)6(9)10;3-1-2-4/h4-5,8H,2-3H2,1H3,(H,9,10)(H,11,12);3-4H,1-2H2. The zero-order chi connectivity index (χ0) is 13.8. The molecular weight excluding hydrogens is 236 g/mol. The average molecular weight is 254 g/mol. The highest BCUT2D eigenvalue weighted by Crippen LogP contribution is 2.01. The van der Waals surface area contributed by atoms with Crippen molar-refractivity contribution in [1.82, 2.24) is 0 Å². The maximum Gasteiger partial charge on any atom is 0.336 e. The predicted octanol–water partition coefficient (Wildman–Crippen LogP) is -1.72. The second kappa shape index (κ2) is 11.3. The Balaban J connectivity index is 0. The summed E-state index contributed by atoms with van der Waals surface area (Å²) in [5.74, 6) is -3.09. The van der Waals surface area contributed by atoms with Crippen molar-refractivity contribution < 1.29 is 39.9 Å². The van der Waals surface area contributed by atoms with E-state index >= 15 is 0 Å². The van der Waals surface area contributed by atoms with Crippen LogP contribution in [-0.2, 0) is 14.3 Å². The van der Waals surface area contributed by atoms with Crippen LogP contribution in [0.4, 0.5) is 0 Å². The topological polar surface area (TPSA) is 145 Å². The summed E-state index contributed by atoms with van der Waals surface area (Å²) in [5.41, 5.74) is 0. The first kappa shape index (κ1) is 18.2. The van der Waals surface area contributed by atoms with Gasteiger partial charge in [0.15, 0.2) is 12.2 Å². The first-order chi connectivity index (χ1) is 7.92. The molecule has 8 heteroatoms. The zero-order valence-electron chi connectivity index (χ0n) is 9.44. The van der Waals surface area contributed by atoms with Crippen molar-refractivity contribution in [2.75, 3.05) is 19.8 Å². The van der Waals surface area contributed by atoms with Crippen molar-refractivity contribution in [3.05, 3.63) is 0 Å². The summed E-state index contributed by atoms with van der Waals surface area (Å²) in [6, 6.07) is 0. The van der Waals surface area contributed by atoms with Gasteiger partial charge in [-0.25, -0.2) is 9.59 Å². The summed E-state index contributed by atoms with van der Waals surface area (Å²) >= 11 is 0. The lowest BCUT2D eigenvalue weighted by Gasteiger charge is -2.15. The van der Waals surface area contributed by atoms with Crippen molar-refractivity contribution in [3.63, 3.8) is 0 Å². The van der Waals surface area contributed by atoms with Crippen LogP contribution in [0.25, 0.3) is 0 Å². The third-order valence-corrected chi connectivity index (χ3v) is 1.38. The molecule has 0 bridgehead atoms. The Hall–Kier alpha value is -1.22. The molecule has 17 heavy (non-hydrogen) atoms. The van der Waals surface area contributed by atoms with Gasteiger partial charge in [0, 0.05) is 6.61 Å². The van der Waals surface area contributed by atoms with Gasteiger partial charge in [-0.1, -0.05) is 6.92 Å². The molecule has 0 rings (SSSR count). The Morgan fingerprint density at radius 1 is 1.12 bits per heavy atom. The molecule has 0 aromatic carbocycles. The predicted molar refractivity (Wildman–Crippen MR) is 55.5 cm³/mol. The Labute approximate surface area is 98.1 Å². The normalized spacial score (nSPS) is 13.2. The van der Waals surface area contributed by atoms with Gasteiger partial charge in [0.2, 0.25) is 0 Å². The van der Waals surface area contributed by atoms with Crippen molar-refractivity contribution in [2.24, 2.45) is 0 Å². The second-order valence-corrected chi connectivity index (χ2v) is 2.86. The summed E-state index contributed by atoms with van der Waals surface area (Å²) < 4.78 is 4.65. The van der Waals surface area contributed by atoms with Gasteiger partial charge in [-0.2, -0.15) is 0 Å². The van der Waals surface area contributed by atoms with Gasteiger partial charge in [0.25, 0.3) is 0 Å². The first-order valence-electron chi connectivity index (χ1n) is 4.89. The van der Waals surface area contributed by atoms with Crippen LogP contribution in [-0.4, -0.2) is 69.5 Å². The van der Waals surface area contributed by atoms with Crippen LogP contribution in [0.2, 0.25) is 0 Å². The summed E-state index contributed by atoms with van der Waals surface area (Å²) in [6.07, 6.45) is -3.17. The number of aliphatic hydroxyl groups excluding tert-OH is 3. The summed E-state index contributed by atoms with van der Waals surface area (Å²) in [6.45, 7) is 1.59. The molecule has 5 N–H and O–H groups in total. The van der Waals surface area contributed by atoms with E-state index in [-0.39, 0.29) is 19.8 Å². The van der Waals surface area contributed by atoms with Gasteiger partial charge in [-0.15, -0.1) is 0 Å². The molecule has 102 valence electrons. The Morgan fingerprint density at radius 2 is 1.59 bits per heavy atom. The highest BCUT2D eigenvalue weighted by molar-refractivity contribution is 5.83. The zero-order valence-corrected chi connectivity index (χ0v) is 9.44. The van der Waals surface area contributed by atoms with E-state index < -0.39 is 24.1 Å². The SMILES string of the molecule is CCCOC(C(=O)O)C(O)C(=O)O.OCCO. The van der Waals surface area contributed by atoms with E-state index in [1.165, 1.54) is 0 Å². The van der Waals surface area contributed by atoms with Gasteiger partial charge in [-0.3, -0.25) is 0 Å². The van der Waals surface area contributed by atoms with E-state index in [1.54, 1.807) is 6.92 Å². The quantitative estimate of drug-likeness (QED) is 0.361. The molecule has 2 atom stereocenters. The number of carbonyl (C=O) groups is 2. The highest BCUT2D eigenvalue weighted by atomic mass is 16.5. The van der Waals surface area contributed by atoms with Gasteiger partial charge < -0.3 is 30.3 Å². The average Bonchev–Trinajstić information content (AvgIpc) is 2.29. The monoisotopic (exact) mass is 254 g/mol. The lowest BCUT2D eigenvalue weighted by molar-refractivity contribution is -0.171. The van der Waals surface area contributed by atoms with E-state index in [0.29, 0.717) is 6.42 Å². The van der Waals surface area contributed by atoms with Crippen molar-refractivity contribution in [1.29, 1.82) is 0 Å². The number of hydrogen-bond donors (Lipinski definition) is 5. The molecule has 8 nitrogen and oxygen atoms in total. The lowest BCUT2D eigenvalue weighted by Crippen LogP contribution is -2.41. The van der Waals surface area contributed by atoms with Crippen LogP contribution in [0.15, 0.2) is 0 Å². The highest BCUT2D eigenvalue weighted by Gasteiger charge is 2.32.